The molecule has 28 heavy (non-hydrogen) atoms. The second-order valence-electron chi connectivity index (χ2n) is 8.02. The maximum atomic E-state index is 12.8. The third kappa shape index (κ3) is 4.20. The van der Waals surface area contributed by atoms with E-state index in [1.165, 1.54) is 0 Å². The number of amides is 1. The summed E-state index contributed by atoms with van der Waals surface area (Å²) < 4.78 is 16.5. The van der Waals surface area contributed by atoms with Gasteiger partial charge >= 0.3 is 0 Å². The Balaban J connectivity index is 1.27. The molecule has 3 aliphatic heterocycles. The number of aliphatic hydroxyl groups is 1. The zero-order chi connectivity index (χ0) is 19.5. The number of carbonyl (C=O) groups excluding carboxylic acids is 1. The van der Waals surface area contributed by atoms with Crippen LogP contribution in [0.4, 0.5) is 0 Å². The number of carbonyl (C=O) groups is 1. The highest BCUT2D eigenvalue weighted by molar-refractivity contribution is 5.81. The Morgan fingerprint density at radius 3 is 2.79 bits per heavy atom. The average Bonchev–Trinajstić information content (AvgIpc) is 3.21. The summed E-state index contributed by atoms with van der Waals surface area (Å²) in [5.41, 5.74) is 0. The molecule has 3 aliphatic rings. The fraction of sp³-hybridized carbons (Fsp3) is 0.667. The highest BCUT2D eigenvalue weighted by Crippen LogP contribution is 2.35. The molecule has 0 saturated carbocycles. The Hall–Kier alpha value is -1.99. The second kappa shape index (κ2) is 8.57. The Bertz CT molecular complexity index is 689. The van der Waals surface area contributed by atoms with E-state index in [1.807, 2.05) is 4.90 Å². The molecule has 0 spiro atoms. The number of rotatable bonds is 5. The van der Waals surface area contributed by atoms with Crippen LogP contribution in [-0.2, 0) is 4.79 Å². The van der Waals surface area contributed by atoms with Gasteiger partial charge in [0.1, 0.15) is 5.75 Å². The smallest absolute Gasteiger partial charge is 0.263 e. The van der Waals surface area contributed by atoms with Crippen molar-refractivity contribution in [1.29, 1.82) is 0 Å². The van der Waals surface area contributed by atoms with Crippen LogP contribution in [0.1, 0.15) is 32.6 Å². The molecule has 0 aliphatic carbocycles. The molecule has 7 nitrogen and oxygen atoms in total. The van der Waals surface area contributed by atoms with Crippen LogP contribution >= 0.6 is 0 Å². The number of aliphatic hydroxyl groups excluding tert-OH is 1. The average molecular weight is 390 g/mol. The molecule has 7 heteroatoms. The van der Waals surface area contributed by atoms with E-state index in [2.05, 4.69) is 4.90 Å². The number of benzene rings is 1. The molecule has 3 heterocycles. The first-order chi connectivity index (χ1) is 13.6. The molecule has 4 rings (SSSR count). The zero-order valence-corrected chi connectivity index (χ0v) is 16.5. The van der Waals surface area contributed by atoms with Crippen molar-refractivity contribution in [1.82, 2.24) is 9.80 Å². The number of nitrogens with zero attached hydrogens (tertiary/aromatic N) is 2. The van der Waals surface area contributed by atoms with Crippen molar-refractivity contribution in [3.63, 3.8) is 0 Å². The minimum atomic E-state index is -0.536. The summed E-state index contributed by atoms with van der Waals surface area (Å²) in [4.78, 5) is 17.2. The van der Waals surface area contributed by atoms with Crippen LogP contribution in [0.3, 0.4) is 0 Å². The van der Waals surface area contributed by atoms with Gasteiger partial charge in [-0.3, -0.25) is 9.69 Å². The van der Waals surface area contributed by atoms with E-state index < -0.39 is 6.10 Å². The fourth-order valence-electron chi connectivity index (χ4n) is 4.49. The molecule has 1 aromatic rings. The Morgan fingerprint density at radius 1 is 1.21 bits per heavy atom. The van der Waals surface area contributed by atoms with E-state index in [1.54, 1.807) is 25.1 Å². The Labute approximate surface area is 166 Å². The third-order valence-electron chi connectivity index (χ3n) is 6.11. The number of likely N-dealkylation sites (tertiary alicyclic amines) is 2. The number of piperidine rings is 2. The van der Waals surface area contributed by atoms with Crippen LogP contribution in [0.25, 0.3) is 0 Å². The van der Waals surface area contributed by atoms with Crippen LogP contribution in [0, 0.1) is 5.92 Å². The van der Waals surface area contributed by atoms with Gasteiger partial charge in [0.2, 0.25) is 6.79 Å². The Morgan fingerprint density at radius 2 is 2.00 bits per heavy atom. The lowest BCUT2D eigenvalue weighted by Gasteiger charge is -2.42. The molecule has 1 amide bonds. The van der Waals surface area contributed by atoms with Gasteiger partial charge < -0.3 is 24.2 Å². The van der Waals surface area contributed by atoms with Crippen molar-refractivity contribution in [3.8, 4) is 17.2 Å². The molecule has 0 unspecified atom stereocenters. The molecular weight excluding hydrogens is 360 g/mol. The summed E-state index contributed by atoms with van der Waals surface area (Å²) in [6.45, 7) is 5.92. The topological polar surface area (TPSA) is 71.5 Å². The van der Waals surface area contributed by atoms with Crippen molar-refractivity contribution in [2.24, 2.45) is 5.92 Å². The number of hydrogen-bond donors (Lipinski definition) is 1. The molecule has 2 atom stereocenters. The number of fused-ring (bicyclic) bond motifs is 1. The summed E-state index contributed by atoms with van der Waals surface area (Å²) >= 11 is 0. The normalized spacial score (nSPS) is 24.2. The van der Waals surface area contributed by atoms with Crippen LogP contribution in [0.2, 0.25) is 0 Å². The van der Waals surface area contributed by atoms with Gasteiger partial charge in [-0.25, -0.2) is 0 Å². The van der Waals surface area contributed by atoms with Gasteiger partial charge in [-0.15, -0.1) is 0 Å². The molecule has 1 aromatic carbocycles. The molecule has 0 radical (unpaired) electrons. The lowest BCUT2D eigenvalue weighted by atomic mass is 9.94. The summed E-state index contributed by atoms with van der Waals surface area (Å²) in [5.74, 6) is 2.41. The van der Waals surface area contributed by atoms with Crippen LogP contribution in [0.5, 0.6) is 17.2 Å². The molecule has 0 aromatic heterocycles. The van der Waals surface area contributed by atoms with Crippen LogP contribution < -0.4 is 14.2 Å². The van der Waals surface area contributed by atoms with Crippen LogP contribution in [0.15, 0.2) is 18.2 Å². The minimum Gasteiger partial charge on any atom is -0.481 e. The van der Waals surface area contributed by atoms with Gasteiger partial charge in [-0.05, 0) is 57.2 Å². The first-order valence-corrected chi connectivity index (χ1v) is 10.3. The van der Waals surface area contributed by atoms with E-state index in [-0.39, 0.29) is 19.3 Å². The van der Waals surface area contributed by atoms with Crippen molar-refractivity contribution >= 4 is 5.91 Å². The van der Waals surface area contributed by atoms with Gasteiger partial charge in [0, 0.05) is 38.3 Å². The lowest BCUT2D eigenvalue weighted by molar-refractivity contribution is -0.139. The van der Waals surface area contributed by atoms with Crippen molar-refractivity contribution in [2.75, 3.05) is 39.6 Å². The minimum absolute atomic E-state index is 0.0306. The second-order valence-corrected chi connectivity index (χ2v) is 8.02. The van der Waals surface area contributed by atoms with Gasteiger partial charge in [-0.2, -0.15) is 0 Å². The maximum Gasteiger partial charge on any atom is 0.263 e. The lowest BCUT2D eigenvalue weighted by Crippen LogP contribution is -2.51. The first kappa shape index (κ1) is 19.3. The maximum absolute atomic E-state index is 12.8. The highest BCUT2D eigenvalue weighted by atomic mass is 16.7. The quantitative estimate of drug-likeness (QED) is 0.828. The largest absolute Gasteiger partial charge is 0.481 e. The van der Waals surface area contributed by atoms with Gasteiger partial charge in [-0.1, -0.05) is 0 Å². The predicted octanol–water partition coefficient (Wildman–Crippen LogP) is 1.88. The van der Waals surface area contributed by atoms with Crippen molar-refractivity contribution in [3.05, 3.63) is 18.2 Å². The van der Waals surface area contributed by atoms with Crippen molar-refractivity contribution < 1.29 is 24.1 Å². The Kier molecular flexibility index (Phi) is 5.92. The zero-order valence-electron chi connectivity index (χ0n) is 16.5. The highest BCUT2D eigenvalue weighted by Gasteiger charge is 2.31. The monoisotopic (exact) mass is 390 g/mol. The van der Waals surface area contributed by atoms with E-state index in [4.69, 9.17) is 14.2 Å². The first-order valence-electron chi connectivity index (χ1n) is 10.3. The van der Waals surface area contributed by atoms with E-state index in [0.29, 0.717) is 29.2 Å². The number of hydrogen-bond acceptors (Lipinski definition) is 6. The number of ether oxygens (including phenoxy) is 3. The molecule has 2 fully saturated rings. The fourth-order valence-corrected chi connectivity index (χ4v) is 4.49. The molecule has 0 bridgehead atoms. The third-order valence-corrected chi connectivity index (χ3v) is 6.11. The summed E-state index contributed by atoms with van der Waals surface area (Å²) in [6.07, 6.45) is 3.72. The summed E-state index contributed by atoms with van der Waals surface area (Å²) in [6, 6.07) is 5.89. The van der Waals surface area contributed by atoms with E-state index in [9.17, 15) is 9.90 Å². The molecule has 1 N–H and O–H groups in total. The standard InChI is InChI=1S/C21H30N2O5/c1-15(28-18-4-5-19-20(11-18)27-14-26-19)21(25)22-9-6-17(7-10-22)23-8-2-3-16(12-23)13-24/h4-5,11,15-17,24H,2-3,6-10,12-14H2,1H3/t15-,16+/m1/s1. The molecule has 2 saturated heterocycles. The van der Waals surface area contributed by atoms with Crippen molar-refractivity contribution in [2.45, 2.75) is 44.8 Å². The molecule has 154 valence electrons. The van der Waals surface area contributed by atoms with Crippen LogP contribution in [-0.4, -0.2) is 72.5 Å². The molecular formula is C21H30N2O5. The van der Waals surface area contributed by atoms with E-state index >= 15 is 0 Å². The van der Waals surface area contributed by atoms with Gasteiger partial charge in [0.05, 0.1) is 0 Å². The summed E-state index contributed by atoms with van der Waals surface area (Å²) in [7, 11) is 0. The summed E-state index contributed by atoms with van der Waals surface area (Å²) in [5, 5.41) is 9.45. The van der Waals surface area contributed by atoms with Gasteiger partial charge in [0.15, 0.2) is 17.6 Å². The SMILES string of the molecule is C[C@@H](Oc1ccc2c(c1)OCO2)C(=O)N1CCC(N2CCC[C@H](CO)C2)CC1. The van der Waals surface area contributed by atoms with E-state index in [0.717, 1.165) is 51.9 Å². The van der Waals surface area contributed by atoms with Gasteiger partial charge in [0.25, 0.3) is 5.91 Å². The predicted molar refractivity (Wildman–Crippen MR) is 104 cm³/mol.